The summed E-state index contributed by atoms with van der Waals surface area (Å²) in [6.45, 7) is 2.10. The van der Waals surface area contributed by atoms with Crippen molar-refractivity contribution >= 4 is 10.9 Å². The first kappa shape index (κ1) is 17.7. The molecule has 3 aromatic heterocycles. The van der Waals surface area contributed by atoms with Crippen LogP contribution < -0.4 is 10.1 Å². The van der Waals surface area contributed by atoms with Gasteiger partial charge in [-0.05, 0) is 18.2 Å². The molecule has 3 aromatic rings. The van der Waals surface area contributed by atoms with Crippen molar-refractivity contribution in [1.29, 1.82) is 0 Å². The lowest BCUT2D eigenvalue weighted by Gasteiger charge is -2.23. The quantitative estimate of drug-likeness (QED) is 0.712. The van der Waals surface area contributed by atoms with E-state index < -0.39 is 13.0 Å². The Balaban J connectivity index is 1.62. The molecule has 1 saturated heterocycles. The number of alkyl halides is 2. The predicted molar refractivity (Wildman–Crippen MR) is 94.9 cm³/mol. The molecule has 27 heavy (non-hydrogen) atoms. The van der Waals surface area contributed by atoms with E-state index in [-0.39, 0.29) is 6.10 Å². The molecule has 1 fully saturated rings. The Morgan fingerprint density at radius 2 is 2.33 bits per heavy atom. The zero-order chi connectivity index (χ0) is 18.6. The Hall–Kier alpha value is -2.65. The van der Waals surface area contributed by atoms with Gasteiger partial charge in [-0.25, -0.2) is 13.8 Å². The maximum absolute atomic E-state index is 12.6. The van der Waals surface area contributed by atoms with Crippen LogP contribution in [-0.4, -0.2) is 58.6 Å². The fourth-order valence-electron chi connectivity index (χ4n) is 2.94. The molecule has 0 amide bonds. The van der Waals surface area contributed by atoms with Crippen LogP contribution >= 0.6 is 0 Å². The van der Waals surface area contributed by atoms with Gasteiger partial charge < -0.3 is 14.8 Å². The van der Waals surface area contributed by atoms with Gasteiger partial charge in [0.05, 0.1) is 29.4 Å². The topological polar surface area (TPSA) is 74.1 Å². The summed E-state index contributed by atoms with van der Waals surface area (Å²) < 4.78 is 37.9. The maximum Gasteiger partial charge on any atom is 0.257 e. The van der Waals surface area contributed by atoms with E-state index >= 15 is 0 Å². The first-order chi connectivity index (χ1) is 13.2. The van der Waals surface area contributed by atoms with Gasteiger partial charge in [0.25, 0.3) is 6.43 Å². The molecule has 4 rings (SSSR count). The Morgan fingerprint density at radius 3 is 3.15 bits per heavy atom. The van der Waals surface area contributed by atoms with Gasteiger partial charge in [-0.15, -0.1) is 0 Å². The molecule has 1 aliphatic heterocycles. The van der Waals surface area contributed by atoms with Gasteiger partial charge in [-0.1, -0.05) is 0 Å². The summed E-state index contributed by atoms with van der Waals surface area (Å²) in [6.07, 6.45) is 2.22. The lowest BCUT2D eigenvalue weighted by Crippen LogP contribution is -2.41. The maximum atomic E-state index is 12.6. The molecule has 0 aliphatic carbocycles. The van der Waals surface area contributed by atoms with Crippen LogP contribution in [0.5, 0.6) is 5.88 Å². The third-order valence-electron chi connectivity index (χ3n) is 4.23. The van der Waals surface area contributed by atoms with Crippen molar-refractivity contribution in [3.63, 3.8) is 0 Å². The van der Waals surface area contributed by atoms with E-state index in [2.05, 4.69) is 20.4 Å². The van der Waals surface area contributed by atoms with E-state index in [9.17, 15) is 8.78 Å². The van der Waals surface area contributed by atoms with Crippen molar-refractivity contribution in [3.05, 3.63) is 36.8 Å². The molecule has 0 radical (unpaired) electrons. The van der Waals surface area contributed by atoms with Crippen LogP contribution in [0.4, 0.5) is 8.78 Å². The average molecular weight is 375 g/mol. The second-order valence-electron chi connectivity index (χ2n) is 6.23. The molecule has 1 atom stereocenters. The zero-order valence-corrected chi connectivity index (χ0v) is 14.5. The third kappa shape index (κ3) is 4.20. The molecule has 0 spiro atoms. The lowest BCUT2D eigenvalue weighted by atomic mass is 10.2. The predicted octanol–water partition coefficient (Wildman–Crippen LogP) is 2.13. The van der Waals surface area contributed by atoms with Gasteiger partial charge in [0.2, 0.25) is 5.88 Å². The van der Waals surface area contributed by atoms with E-state index in [1.165, 1.54) is 10.9 Å². The number of morpholine rings is 1. The smallest absolute Gasteiger partial charge is 0.257 e. The monoisotopic (exact) mass is 375 g/mol. The fraction of sp³-hybridized carbons (Fsp3) is 0.389. The number of halogens is 2. The van der Waals surface area contributed by atoms with Gasteiger partial charge in [0.1, 0.15) is 19.3 Å². The summed E-state index contributed by atoms with van der Waals surface area (Å²) in [4.78, 5) is 8.94. The van der Waals surface area contributed by atoms with Gasteiger partial charge in [0, 0.05) is 31.0 Å². The minimum absolute atomic E-state index is 0.0512. The first-order valence-electron chi connectivity index (χ1n) is 8.71. The number of hydrogen-bond acceptors (Lipinski definition) is 6. The number of pyridine rings is 2. The van der Waals surface area contributed by atoms with Crippen molar-refractivity contribution in [1.82, 2.24) is 25.1 Å². The van der Waals surface area contributed by atoms with Crippen LogP contribution in [0.15, 0.2) is 36.8 Å². The SMILES string of the molecule is FC(F)Cn1cc(-c2cc3ncccc3c(OC[C@@H]3CNCCO3)n2)cn1. The molecular formula is C18H19F2N5O2. The summed E-state index contributed by atoms with van der Waals surface area (Å²) in [5.74, 6) is 0.436. The van der Waals surface area contributed by atoms with E-state index in [0.717, 1.165) is 18.5 Å². The van der Waals surface area contributed by atoms with Crippen LogP contribution in [0.25, 0.3) is 22.2 Å². The van der Waals surface area contributed by atoms with Gasteiger partial charge >= 0.3 is 0 Å². The number of ether oxygens (including phenoxy) is 2. The van der Waals surface area contributed by atoms with Crippen LogP contribution in [0.3, 0.4) is 0 Å². The standard InChI is InChI=1S/C18H19F2N5O2/c19-17(20)10-25-9-12(7-23-25)15-6-16-14(2-1-3-22-16)18(24-15)27-11-13-8-21-4-5-26-13/h1-3,6-7,9,13,17,21H,4-5,8,10-11H2/t13-/m0/s1. The Kier molecular flexibility index (Phi) is 5.21. The molecule has 0 unspecified atom stereocenters. The Labute approximate surface area is 154 Å². The molecule has 142 valence electrons. The van der Waals surface area contributed by atoms with E-state index in [4.69, 9.17) is 9.47 Å². The van der Waals surface area contributed by atoms with Crippen LogP contribution in [0.1, 0.15) is 0 Å². The summed E-state index contributed by atoms with van der Waals surface area (Å²) in [5, 5.41) is 8.01. The molecule has 1 aliphatic rings. The Morgan fingerprint density at radius 1 is 1.41 bits per heavy atom. The largest absolute Gasteiger partial charge is 0.474 e. The van der Waals surface area contributed by atoms with E-state index in [0.29, 0.717) is 35.9 Å². The molecule has 1 N–H and O–H groups in total. The highest BCUT2D eigenvalue weighted by Gasteiger charge is 2.17. The highest BCUT2D eigenvalue weighted by molar-refractivity contribution is 5.86. The first-order valence-corrected chi connectivity index (χ1v) is 8.71. The van der Waals surface area contributed by atoms with Crippen LogP contribution in [0.2, 0.25) is 0 Å². The highest BCUT2D eigenvalue weighted by Crippen LogP contribution is 2.28. The molecule has 4 heterocycles. The number of rotatable bonds is 6. The van der Waals surface area contributed by atoms with Gasteiger partial charge in [-0.3, -0.25) is 9.67 Å². The van der Waals surface area contributed by atoms with E-state index in [1.807, 2.05) is 12.1 Å². The summed E-state index contributed by atoms with van der Waals surface area (Å²) in [7, 11) is 0. The number of nitrogens with zero attached hydrogens (tertiary/aromatic N) is 4. The minimum Gasteiger partial charge on any atom is -0.474 e. The highest BCUT2D eigenvalue weighted by atomic mass is 19.3. The molecule has 0 aromatic carbocycles. The molecule has 0 bridgehead atoms. The zero-order valence-electron chi connectivity index (χ0n) is 14.5. The average Bonchev–Trinajstić information content (AvgIpc) is 3.14. The second kappa shape index (κ2) is 7.93. The van der Waals surface area contributed by atoms with Crippen molar-refractivity contribution in [3.8, 4) is 17.1 Å². The van der Waals surface area contributed by atoms with Gasteiger partial charge in [0.15, 0.2) is 0 Å². The summed E-state index contributed by atoms with van der Waals surface area (Å²) >= 11 is 0. The fourth-order valence-corrected chi connectivity index (χ4v) is 2.94. The molecule has 7 nitrogen and oxygen atoms in total. The van der Waals surface area contributed by atoms with Crippen LogP contribution in [0, 0.1) is 0 Å². The molecule has 0 saturated carbocycles. The van der Waals surface area contributed by atoms with Crippen molar-refractivity contribution in [2.45, 2.75) is 19.1 Å². The van der Waals surface area contributed by atoms with E-state index in [1.54, 1.807) is 18.5 Å². The van der Waals surface area contributed by atoms with Crippen molar-refractivity contribution < 1.29 is 18.3 Å². The number of hydrogen-bond donors (Lipinski definition) is 1. The number of nitrogens with one attached hydrogen (secondary N) is 1. The number of aromatic nitrogens is 4. The summed E-state index contributed by atoms with van der Waals surface area (Å²) in [5.41, 5.74) is 1.91. The van der Waals surface area contributed by atoms with Crippen molar-refractivity contribution in [2.24, 2.45) is 0 Å². The van der Waals surface area contributed by atoms with Gasteiger partial charge in [-0.2, -0.15) is 5.10 Å². The normalized spacial score (nSPS) is 17.5. The second-order valence-corrected chi connectivity index (χ2v) is 6.23. The molecule has 9 heteroatoms. The number of fused-ring (bicyclic) bond motifs is 1. The lowest BCUT2D eigenvalue weighted by molar-refractivity contribution is -0.000365. The minimum atomic E-state index is -2.47. The summed E-state index contributed by atoms with van der Waals surface area (Å²) in [6, 6.07) is 5.50. The van der Waals surface area contributed by atoms with Crippen molar-refractivity contribution in [2.75, 3.05) is 26.3 Å². The molecular weight excluding hydrogens is 356 g/mol. The third-order valence-corrected chi connectivity index (χ3v) is 4.23. The van der Waals surface area contributed by atoms with Crippen LogP contribution in [-0.2, 0) is 11.3 Å². The Bertz CT molecular complexity index is 912.